The van der Waals surface area contributed by atoms with Gasteiger partial charge in [-0.3, -0.25) is 4.79 Å². The van der Waals surface area contributed by atoms with Crippen LogP contribution >= 0.6 is 23.4 Å². The summed E-state index contributed by atoms with van der Waals surface area (Å²) in [7, 11) is 0. The molecule has 1 aromatic carbocycles. The summed E-state index contributed by atoms with van der Waals surface area (Å²) in [5, 5.41) is 12.8. The number of aromatic nitrogens is 1. The lowest BCUT2D eigenvalue weighted by molar-refractivity contribution is -0.113. The van der Waals surface area contributed by atoms with Gasteiger partial charge in [-0.05, 0) is 36.8 Å². The number of pyridine rings is 1. The largest absolute Gasteiger partial charge is 0.324 e. The van der Waals surface area contributed by atoms with Gasteiger partial charge in [0.1, 0.15) is 11.1 Å². The van der Waals surface area contributed by atoms with E-state index in [-0.39, 0.29) is 11.7 Å². The number of nitriles is 1. The molecule has 0 saturated carbocycles. The van der Waals surface area contributed by atoms with E-state index >= 15 is 0 Å². The molecule has 0 spiro atoms. The van der Waals surface area contributed by atoms with Crippen molar-refractivity contribution in [2.24, 2.45) is 0 Å². The van der Waals surface area contributed by atoms with Crippen LogP contribution in [0.1, 0.15) is 11.1 Å². The number of rotatable bonds is 4. The lowest BCUT2D eigenvalue weighted by atomic mass is 10.2. The number of hydrogen-bond acceptors (Lipinski definition) is 4. The Labute approximate surface area is 132 Å². The number of carbonyl (C=O) groups is 1. The van der Waals surface area contributed by atoms with Crippen LogP contribution in [0.3, 0.4) is 0 Å². The number of anilines is 1. The molecule has 1 heterocycles. The van der Waals surface area contributed by atoms with Gasteiger partial charge in [0, 0.05) is 6.20 Å². The molecule has 1 amide bonds. The SMILES string of the molecule is Cc1ccc(NC(=O)CSc2ncccc2C#N)c(Cl)c1. The van der Waals surface area contributed by atoms with Gasteiger partial charge in [0.25, 0.3) is 0 Å². The van der Waals surface area contributed by atoms with Crippen LogP contribution in [-0.4, -0.2) is 16.6 Å². The zero-order valence-electron chi connectivity index (χ0n) is 11.3. The fourth-order valence-corrected chi connectivity index (χ4v) is 2.66. The Balaban J connectivity index is 1.98. The molecule has 2 rings (SSSR count). The average molecular weight is 318 g/mol. The zero-order valence-corrected chi connectivity index (χ0v) is 12.8. The van der Waals surface area contributed by atoms with Gasteiger partial charge in [-0.2, -0.15) is 5.26 Å². The van der Waals surface area contributed by atoms with Crippen LogP contribution in [0.2, 0.25) is 5.02 Å². The number of nitrogens with one attached hydrogen (secondary N) is 1. The molecule has 0 atom stereocenters. The average Bonchev–Trinajstić information content (AvgIpc) is 2.48. The van der Waals surface area contributed by atoms with Gasteiger partial charge in [-0.25, -0.2) is 4.98 Å². The van der Waals surface area contributed by atoms with Gasteiger partial charge in [0.15, 0.2) is 0 Å². The van der Waals surface area contributed by atoms with E-state index in [4.69, 9.17) is 16.9 Å². The number of aryl methyl sites for hydroxylation is 1. The van der Waals surface area contributed by atoms with Gasteiger partial charge in [0.2, 0.25) is 5.91 Å². The van der Waals surface area contributed by atoms with Crippen molar-refractivity contribution in [3.05, 3.63) is 52.7 Å². The Morgan fingerprint density at radius 2 is 2.29 bits per heavy atom. The third-order valence-electron chi connectivity index (χ3n) is 2.63. The monoisotopic (exact) mass is 317 g/mol. The van der Waals surface area contributed by atoms with Crippen LogP contribution in [0.5, 0.6) is 0 Å². The van der Waals surface area contributed by atoms with E-state index in [2.05, 4.69) is 10.3 Å². The van der Waals surface area contributed by atoms with E-state index in [1.165, 1.54) is 11.8 Å². The van der Waals surface area contributed by atoms with Crippen molar-refractivity contribution < 1.29 is 4.79 Å². The van der Waals surface area contributed by atoms with Crippen LogP contribution in [-0.2, 0) is 4.79 Å². The number of thioether (sulfide) groups is 1. The minimum atomic E-state index is -0.194. The number of amides is 1. The molecule has 1 N–H and O–H groups in total. The van der Waals surface area contributed by atoms with Gasteiger partial charge < -0.3 is 5.32 Å². The maximum Gasteiger partial charge on any atom is 0.234 e. The maximum atomic E-state index is 11.9. The van der Waals surface area contributed by atoms with Crippen LogP contribution < -0.4 is 5.32 Å². The molecule has 2 aromatic rings. The summed E-state index contributed by atoms with van der Waals surface area (Å²) in [6.45, 7) is 1.93. The second-order valence-corrected chi connectivity index (χ2v) is 5.66. The van der Waals surface area contributed by atoms with Gasteiger partial charge >= 0.3 is 0 Å². The third kappa shape index (κ3) is 4.22. The van der Waals surface area contributed by atoms with E-state index in [1.807, 2.05) is 19.1 Å². The highest BCUT2D eigenvalue weighted by molar-refractivity contribution is 8.00. The molecule has 4 nitrogen and oxygen atoms in total. The Bertz CT molecular complexity index is 712. The molecule has 0 radical (unpaired) electrons. The maximum absolute atomic E-state index is 11.9. The molecular weight excluding hydrogens is 306 g/mol. The Morgan fingerprint density at radius 1 is 1.48 bits per heavy atom. The summed E-state index contributed by atoms with van der Waals surface area (Å²) < 4.78 is 0. The topological polar surface area (TPSA) is 65.8 Å². The van der Waals surface area contributed by atoms with Crippen LogP contribution in [0, 0.1) is 18.3 Å². The molecule has 1 aromatic heterocycles. The molecule has 0 saturated heterocycles. The van der Waals surface area contributed by atoms with Crippen molar-refractivity contribution >= 4 is 35.0 Å². The van der Waals surface area contributed by atoms with E-state index in [0.29, 0.717) is 21.3 Å². The number of hydrogen-bond donors (Lipinski definition) is 1. The van der Waals surface area contributed by atoms with E-state index in [9.17, 15) is 4.79 Å². The van der Waals surface area contributed by atoms with Crippen molar-refractivity contribution in [2.75, 3.05) is 11.1 Å². The molecule has 0 aliphatic carbocycles. The number of benzene rings is 1. The van der Waals surface area contributed by atoms with Crippen molar-refractivity contribution in [2.45, 2.75) is 11.9 Å². The summed E-state index contributed by atoms with van der Waals surface area (Å²) in [4.78, 5) is 16.0. The van der Waals surface area contributed by atoms with Gasteiger partial charge in [0.05, 0.1) is 22.0 Å². The first-order valence-electron chi connectivity index (χ1n) is 6.14. The molecular formula is C15H12ClN3OS. The minimum Gasteiger partial charge on any atom is -0.324 e. The molecule has 0 bridgehead atoms. The normalized spacial score (nSPS) is 9.95. The van der Waals surface area contributed by atoms with Crippen LogP contribution in [0.25, 0.3) is 0 Å². The van der Waals surface area contributed by atoms with E-state index in [0.717, 1.165) is 5.56 Å². The van der Waals surface area contributed by atoms with Crippen molar-refractivity contribution in [3.8, 4) is 6.07 Å². The summed E-state index contributed by atoms with van der Waals surface area (Å²) >= 11 is 7.28. The number of halogens is 1. The zero-order chi connectivity index (χ0) is 15.2. The quantitative estimate of drug-likeness (QED) is 0.874. The van der Waals surface area contributed by atoms with Gasteiger partial charge in [-0.1, -0.05) is 29.4 Å². The lowest BCUT2D eigenvalue weighted by Gasteiger charge is -2.08. The van der Waals surface area contributed by atoms with E-state index < -0.39 is 0 Å². The second kappa shape index (κ2) is 7.11. The second-order valence-electron chi connectivity index (χ2n) is 4.29. The number of nitrogens with zero attached hydrogens (tertiary/aromatic N) is 2. The van der Waals surface area contributed by atoms with Crippen molar-refractivity contribution in [3.63, 3.8) is 0 Å². The van der Waals surface area contributed by atoms with E-state index in [1.54, 1.807) is 30.5 Å². The Kier molecular flexibility index (Phi) is 5.20. The predicted octanol–water partition coefficient (Wildman–Crippen LogP) is 3.65. The third-order valence-corrected chi connectivity index (χ3v) is 3.95. The Morgan fingerprint density at radius 3 is 3.00 bits per heavy atom. The molecule has 6 heteroatoms. The fraction of sp³-hybridized carbons (Fsp3) is 0.133. The highest BCUT2D eigenvalue weighted by Gasteiger charge is 2.09. The lowest BCUT2D eigenvalue weighted by Crippen LogP contribution is -2.14. The first-order valence-corrected chi connectivity index (χ1v) is 7.50. The summed E-state index contributed by atoms with van der Waals surface area (Å²) in [6.07, 6.45) is 1.60. The van der Waals surface area contributed by atoms with Crippen molar-refractivity contribution in [1.82, 2.24) is 4.98 Å². The fourth-order valence-electron chi connectivity index (χ4n) is 1.63. The number of carbonyl (C=O) groups excluding carboxylic acids is 1. The van der Waals surface area contributed by atoms with Gasteiger partial charge in [-0.15, -0.1) is 0 Å². The summed E-state index contributed by atoms with van der Waals surface area (Å²) in [6, 6.07) is 10.8. The first kappa shape index (κ1) is 15.4. The smallest absolute Gasteiger partial charge is 0.234 e. The highest BCUT2D eigenvalue weighted by Crippen LogP contribution is 2.24. The molecule has 0 unspecified atom stereocenters. The molecule has 0 aliphatic rings. The first-order chi connectivity index (χ1) is 10.1. The summed E-state index contributed by atoms with van der Waals surface area (Å²) in [5.74, 6) is -0.0316. The van der Waals surface area contributed by atoms with Crippen LogP contribution in [0.15, 0.2) is 41.6 Å². The Hall–Kier alpha value is -2.03. The molecule has 0 fully saturated rings. The highest BCUT2D eigenvalue weighted by atomic mass is 35.5. The minimum absolute atomic E-state index is 0.163. The molecule has 106 valence electrons. The standard InChI is InChI=1S/C15H12ClN3OS/c1-10-4-5-13(12(16)7-10)19-14(20)9-21-15-11(8-17)3-2-6-18-15/h2-7H,9H2,1H3,(H,19,20). The van der Waals surface area contributed by atoms with Crippen molar-refractivity contribution in [1.29, 1.82) is 5.26 Å². The molecule has 0 aliphatic heterocycles. The summed E-state index contributed by atoms with van der Waals surface area (Å²) in [5.41, 5.74) is 2.07. The molecule has 21 heavy (non-hydrogen) atoms. The predicted molar refractivity (Wildman–Crippen MR) is 84.5 cm³/mol. The van der Waals surface area contributed by atoms with Crippen LogP contribution in [0.4, 0.5) is 5.69 Å².